The van der Waals surface area contributed by atoms with Gasteiger partial charge in [0.2, 0.25) is 0 Å². The number of rotatable bonds is 2. The first-order chi connectivity index (χ1) is 6.72. The Morgan fingerprint density at radius 2 is 2.29 bits per heavy atom. The summed E-state index contributed by atoms with van der Waals surface area (Å²) in [4.78, 5) is 14.0. The van der Waals surface area contributed by atoms with Crippen LogP contribution in [0.2, 0.25) is 0 Å². The molecule has 0 spiro atoms. The molecular weight excluding hydrogens is 183 g/mol. The first-order valence-corrected chi connectivity index (χ1v) is 4.22. The van der Waals surface area contributed by atoms with Crippen molar-refractivity contribution in [2.75, 3.05) is 6.54 Å². The predicted molar refractivity (Wildman–Crippen MR) is 51.6 cm³/mol. The number of carbonyl (C=O) groups excluding carboxylic acids is 1. The zero-order valence-corrected chi connectivity index (χ0v) is 7.38. The van der Waals surface area contributed by atoms with Crippen molar-refractivity contribution in [2.24, 2.45) is 5.73 Å². The normalized spacial score (nSPS) is 10.7. The van der Waals surface area contributed by atoms with Crippen LogP contribution < -0.4 is 5.73 Å². The number of benzene rings is 1. The van der Waals surface area contributed by atoms with E-state index >= 15 is 0 Å². The summed E-state index contributed by atoms with van der Waals surface area (Å²) >= 11 is 0. The van der Waals surface area contributed by atoms with Crippen LogP contribution in [0.4, 0.5) is 4.39 Å². The van der Waals surface area contributed by atoms with Gasteiger partial charge in [0.1, 0.15) is 5.82 Å². The van der Waals surface area contributed by atoms with Crippen molar-refractivity contribution in [1.29, 1.82) is 0 Å². The molecule has 0 bridgehead atoms. The number of carbonyl (C=O) groups is 1. The third-order valence-electron chi connectivity index (χ3n) is 2.12. The van der Waals surface area contributed by atoms with Gasteiger partial charge in [-0.2, -0.15) is 0 Å². The molecule has 0 aliphatic heterocycles. The number of aromatic nitrogens is 1. The van der Waals surface area contributed by atoms with Crippen molar-refractivity contribution in [2.45, 2.75) is 0 Å². The van der Waals surface area contributed by atoms with E-state index in [1.165, 1.54) is 6.07 Å². The predicted octanol–water partition coefficient (Wildman–Crippen LogP) is 1.45. The van der Waals surface area contributed by atoms with Crippen molar-refractivity contribution >= 4 is 16.7 Å². The van der Waals surface area contributed by atoms with Gasteiger partial charge in [0.05, 0.1) is 12.1 Å². The first kappa shape index (κ1) is 8.90. The van der Waals surface area contributed by atoms with E-state index in [0.717, 1.165) is 0 Å². The topological polar surface area (TPSA) is 58.9 Å². The summed E-state index contributed by atoms with van der Waals surface area (Å²) < 4.78 is 13.4. The molecule has 0 aliphatic carbocycles. The molecule has 1 aromatic heterocycles. The second-order valence-corrected chi connectivity index (χ2v) is 3.03. The Hall–Kier alpha value is -1.68. The minimum absolute atomic E-state index is 0.102. The smallest absolute Gasteiger partial charge is 0.176 e. The van der Waals surface area contributed by atoms with Gasteiger partial charge in [-0.3, -0.25) is 4.79 Å². The van der Waals surface area contributed by atoms with Gasteiger partial charge in [-0.05, 0) is 18.2 Å². The molecule has 0 aliphatic rings. The number of fused-ring (bicyclic) bond motifs is 1. The van der Waals surface area contributed by atoms with Crippen molar-refractivity contribution < 1.29 is 9.18 Å². The van der Waals surface area contributed by atoms with Crippen LogP contribution in [0, 0.1) is 5.82 Å². The maximum atomic E-state index is 13.4. The van der Waals surface area contributed by atoms with Gasteiger partial charge < -0.3 is 10.7 Å². The molecule has 0 saturated heterocycles. The van der Waals surface area contributed by atoms with Gasteiger partial charge in [0.15, 0.2) is 5.78 Å². The van der Waals surface area contributed by atoms with Gasteiger partial charge >= 0.3 is 0 Å². The van der Waals surface area contributed by atoms with Crippen LogP contribution in [0.5, 0.6) is 0 Å². The summed E-state index contributed by atoms with van der Waals surface area (Å²) in [6.45, 7) is -0.102. The Bertz CT molecular complexity index is 490. The number of ketones is 1. The van der Waals surface area contributed by atoms with E-state index in [9.17, 15) is 9.18 Å². The third-order valence-corrected chi connectivity index (χ3v) is 2.12. The lowest BCUT2D eigenvalue weighted by Gasteiger charge is -1.99. The second-order valence-electron chi connectivity index (χ2n) is 3.03. The highest BCUT2D eigenvalue weighted by Gasteiger charge is 2.09. The lowest BCUT2D eigenvalue weighted by molar-refractivity contribution is 0.100. The molecule has 3 N–H and O–H groups in total. The molecule has 72 valence electrons. The van der Waals surface area contributed by atoms with E-state index in [4.69, 9.17) is 5.73 Å². The second kappa shape index (κ2) is 3.23. The Kier molecular flexibility index (Phi) is 2.05. The van der Waals surface area contributed by atoms with E-state index in [2.05, 4.69) is 4.98 Å². The Balaban J connectivity index is 2.64. The highest BCUT2D eigenvalue weighted by molar-refractivity contribution is 6.00. The van der Waals surface area contributed by atoms with E-state index in [-0.39, 0.29) is 12.3 Å². The summed E-state index contributed by atoms with van der Waals surface area (Å²) in [5.41, 5.74) is 5.93. The van der Waals surface area contributed by atoms with Gasteiger partial charge in [0, 0.05) is 17.1 Å². The van der Waals surface area contributed by atoms with Crippen molar-refractivity contribution in [3.8, 4) is 0 Å². The Morgan fingerprint density at radius 3 is 3.00 bits per heavy atom. The van der Waals surface area contributed by atoms with E-state index in [0.29, 0.717) is 16.5 Å². The number of nitrogens with two attached hydrogens (primary N) is 1. The van der Waals surface area contributed by atoms with E-state index in [1.54, 1.807) is 18.3 Å². The molecule has 0 unspecified atom stereocenters. The first-order valence-electron chi connectivity index (χ1n) is 4.22. The molecule has 0 saturated carbocycles. The average molecular weight is 192 g/mol. The summed E-state index contributed by atoms with van der Waals surface area (Å²) in [7, 11) is 0. The van der Waals surface area contributed by atoms with Crippen molar-refractivity contribution in [1.82, 2.24) is 4.98 Å². The number of hydrogen-bond donors (Lipinski definition) is 2. The van der Waals surface area contributed by atoms with Gasteiger partial charge in [-0.25, -0.2) is 4.39 Å². The highest BCUT2D eigenvalue weighted by Crippen LogP contribution is 2.18. The lowest BCUT2D eigenvalue weighted by atomic mass is 10.1. The van der Waals surface area contributed by atoms with E-state index in [1.807, 2.05) is 0 Å². The SMILES string of the molecule is NCC(=O)c1cc(F)c2[nH]ccc2c1. The van der Waals surface area contributed by atoms with Crippen LogP contribution in [-0.2, 0) is 0 Å². The number of H-pyrrole nitrogens is 1. The van der Waals surface area contributed by atoms with Crippen LogP contribution in [-0.4, -0.2) is 17.3 Å². The molecule has 1 aromatic carbocycles. The van der Waals surface area contributed by atoms with E-state index < -0.39 is 5.82 Å². The van der Waals surface area contributed by atoms with Crippen LogP contribution in [0.15, 0.2) is 24.4 Å². The van der Waals surface area contributed by atoms with Gasteiger partial charge in [-0.1, -0.05) is 0 Å². The quantitative estimate of drug-likeness (QED) is 0.707. The molecule has 1 heterocycles. The van der Waals surface area contributed by atoms with Crippen LogP contribution in [0.1, 0.15) is 10.4 Å². The fourth-order valence-corrected chi connectivity index (χ4v) is 1.41. The van der Waals surface area contributed by atoms with Gasteiger partial charge in [-0.15, -0.1) is 0 Å². The summed E-state index contributed by atoms with van der Waals surface area (Å²) in [5.74, 6) is -0.684. The Morgan fingerprint density at radius 1 is 1.50 bits per heavy atom. The molecular formula is C10H9FN2O. The van der Waals surface area contributed by atoms with Crippen LogP contribution in [0.3, 0.4) is 0 Å². The molecule has 0 fully saturated rings. The minimum atomic E-state index is -0.427. The molecule has 0 radical (unpaired) electrons. The maximum absolute atomic E-state index is 13.4. The average Bonchev–Trinajstić information content (AvgIpc) is 2.64. The molecule has 0 atom stereocenters. The Labute approximate surface area is 79.7 Å². The monoisotopic (exact) mass is 192 g/mol. The summed E-state index contributed by atoms with van der Waals surface area (Å²) in [6.07, 6.45) is 1.63. The molecule has 4 heteroatoms. The molecule has 0 amide bonds. The zero-order chi connectivity index (χ0) is 10.1. The summed E-state index contributed by atoms with van der Waals surface area (Å²) in [5, 5.41) is 0.682. The minimum Gasteiger partial charge on any atom is -0.359 e. The van der Waals surface area contributed by atoms with Gasteiger partial charge in [0.25, 0.3) is 0 Å². The number of Topliss-reactive ketones (excluding diaryl/α,β-unsaturated/α-hetero) is 1. The number of halogens is 1. The van der Waals surface area contributed by atoms with Crippen LogP contribution in [0.25, 0.3) is 10.9 Å². The summed E-state index contributed by atoms with van der Waals surface area (Å²) in [6, 6.07) is 4.55. The van der Waals surface area contributed by atoms with Crippen molar-refractivity contribution in [3.05, 3.63) is 35.8 Å². The van der Waals surface area contributed by atoms with Crippen molar-refractivity contribution in [3.63, 3.8) is 0 Å². The number of aromatic amines is 1. The lowest BCUT2D eigenvalue weighted by Crippen LogP contribution is -2.13. The fourth-order valence-electron chi connectivity index (χ4n) is 1.41. The fraction of sp³-hybridized carbons (Fsp3) is 0.100. The third kappa shape index (κ3) is 1.29. The molecule has 3 nitrogen and oxygen atoms in total. The number of nitrogens with one attached hydrogen (secondary N) is 1. The standard InChI is InChI=1S/C10H9FN2O/c11-8-4-7(9(14)5-12)3-6-1-2-13-10(6)8/h1-4,13H,5,12H2. The molecule has 2 aromatic rings. The number of hydrogen-bond acceptors (Lipinski definition) is 2. The molecule has 14 heavy (non-hydrogen) atoms. The largest absolute Gasteiger partial charge is 0.359 e. The zero-order valence-electron chi connectivity index (χ0n) is 7.38. The highest BCUT2D eigenvalue weighted by atomic mass is 19.1. The van der Waals surface area contributed by atoms with Crippen LogP contribution >= 0.6 is 0 Å². The maximum Gasteiger partial charge on any atom is 0.176 e. The molecule has 2 rings (SSSR count).